The molecule has 1 fully saturated rings. The quantitative estimate of drug-likeness (QED) is 0.825. The first-order valence-electron chi connectivity index (χ1n) is 7.51. The highest BCUT2D eigenvalue weighted by Gasteiger charge is 2.43. The number of amides is 3. The Morgan fingerprint density at radius 3 is 1.96 bits per heavy atom. The maximum absolute atomic E-state index is 12.3. The van der Waals surface area contributed by atoms with Crippen LogP contribution in [-0.2, 0) is 14.3 Å². The topological polar surface area (TPSA) is 79.0 Å². The lowest BCUT2D eigenvalue weighted by molar-refractivity contribution is -0.187. The zero-order valence-corrected chi connectivity index (χ0v) is 13.9. The minimum Gasteiger partial charge on any atom is -0.444 e. The van der Waals surface area contributed by atoms with Crippen LogP contribution in [0.4, 0.5) is 18.0 Å². The van der Waals surface area contributed by atoms with Gasteiger partial charge < -0.3 is 19.9 Å². The molecule has 1 rings (SSSR count). The number of piperazine rings is 1. The van der Waals surface area contributed by atoms with Gasteiger partial charge in [0.25, 0.3) is 0 Å². The number of nitrogens with zero attached hydrogens (tertiary/aromatic N) is 2. The first kappa shape index (κ1) is 20.0. The maximum Gasteiger partial charge on any atom is 0.471 e. The first-order valence-corrected chi connectivity index (χ1v) is 7.51. The molecule has 3 amide bonds. The van der Waals surface area contributed by atoms with E-state index < -0.39 is 23.8 Å². The number of carbonyl (C=O) groups excluding carboxylic acids is 3. The van der Waals surface area contributed by atoms with Crippen LogP contribution in [0.3, 0.4) is 0 Å². The van der Waals surface area contributed by atoms with Crippen molar-refractivity contribution >= 4 is 17.9 Å². The molecular formula is C14H22F3N3O4. The lowest BCUT2D eigenvalue weighted by Gasteiger charge is -2.35. The molecule has 1 aliphatic heterocycles. The fourth-order valence-corrected chi connectivity index (χ4v) is 2.08. The van der Waals surface area contributed by atoms with Crippen molar-refractivity contribution in [2.75, 3.05) is 32.7 Å². The van der Waals surface area contributed by atoms with Crippen LogP contribution in [0.1, 0.15) is 27.2 Å². The van der Waals surface area contributed by atoms with Crippen molar-refractivity contribution in [2.24, 2.45) is 0 Å². The van der Waals surface area contributed by atoms with E-state index in [1.165, 1.54) is 4.90 Å². The van der Waals surface area contributed by atoms with Gasteiger partial charge in [0.2, 0.25) is 5.91 Å². The van der Waals surface area contributed by atoms with E-state index in [-0.39, 0.29) is 45.1 Å². The Bertz CT molecular complexity index is 481. The Balaban J connectivity index is 2.31. The lowest BCUT2D eigenvalue weighted by atomic mass is 10.2. The van der Waals surface area contributed by atoms with Crippen LogP contribution in [0.5, 0.6) is 0 Å². The normalized spacial score (nSPS) is 15.9. The van der Waals surface area contributed by atoms with Gasteiger partial charge in [-0.1, -0.05) is 0 Å². The fraction of sp³-hybridized carbons (Fsp3) is 0.786. The number of hydrogen-bond donors (Lipinski definition) is 1. The van der Waals surface area contributed by atoms with Crippen molar-refractivity contribution in [3.63, 3.8) is 0 Å². The van der Waals surface area contributed by atoms with Gasteiger partial charge in [-0.2, -0.15) is 13.2 Å². The molecule has 1 heterocycles. The molecule has 7 nitrogen and oxygen atoms in total. The van der Waals surface area contributed by atoms with Crippen LogP contribution >= 0.6 is 0 Å². The summed E-state index contributed by atoms with van der Waals surface area (Å²) in [5, 5.41) is 2.43. The summed E-state index contributed by atoms with van der Waals surface area (Å²) in [7, 11) is 0. The highest BCUT2D eigenvalue weighted by molar-refractivity contribution is 5.82. The van der Waals surface area contributed by atoms with E-state index in [4.69, 9.17) is 4.74 Å². The summed E-state index contributed by atoms with van der Waals surface area (Å²) in [6.07, 6.45) is -5.54. The van der Waals surface area contributed by atoms with Gasteiger partial charge in [0.15, 0.2) is 0 Å². The molecule has 0 unspecified atom stereocenters. The summed E-state index contributed by atoms with van der Waals surface area (Å²) < 4.78 is 42.0. The van der Waals surface area contributed by atoms with Gasteiger partial charge in [0.1, 0.15) is 5.60 Å². The molecule has 1 saturated heterocycles. The van der Waals surface area contributed by atoms with E-state index in [1.54, 1.807) is 20.8 Å². The zero-order valence-electron chi connectivity index (χ0n) is 13.9. The Labute approximate surface area is 138 Å². The first-order chi connectivity index (χ1) is 10.9. The summed E-state index contributed by atoms with van der Waals surface area (Å²) in [5.74, 6) is -2.19. The number of hydrogen-bond acceptors (Lipinski definition) is 4. The van der Waals surface area contributed by atoms with Crippen LogP contribution in [0.25, 0.3) is 0 Å². The van der Waals surface area contributed by atoms with Crippen molar-refractivity contribution in [1.82, 2.24) is 15.1 Å². The molecule has 0 atom stereocenters. The number of ether oxygens (including phenoxy) is 1. The van der Waals surface area contributed by atoms with Crippen LogP contribution in [0.2, 0.25) is 0 Å². The van der Waals surface area contributed by atoms with E-state index in [0.29, 0.717) is 4.90 Å². The van der Waals surface area contributed by atoms with Crippen molar-refractivity contribution in [2.45, 2.75) is 39.0 Å². The largest absolute Gasteiger partial charge is 0.471 e. The van der Waals surface area contributed by atoms with Gasteiger partial charge in [-0.05, 0) is 20.8 Å². The number of carbonyl (C=O) groups is 3. The minimum atomic E-state index is -4.90. The smallest absolute Gasteiger partial charge is 0.444 e. The summed E-state index contributed by atoms with van der Waals surface area (Å²) in [6.45, 7) is 4.93. The lowest BCUT2D eigenvalue weighted by Crippen LogP contribution is -2.53. The molecule has 138 valence electrons. The van der Waals surface area contributed by atoms with E-state index >= 15 is 0 Å². The predicted molar refractivity (Wildman–Crippen MR) is 78.1 cm³/mol. The second-order valence-corrected chi connectivity index (χ2v) is 6.35. The van der Waals surface area contributed by atoms with E-state index in [0.717, 1.165) is 0 Å². The predicted octanol–water partition coefficient (Wildman–Crippen LogP) is 1.13. The van der Waals surface area contributed by atoms with Crippen LogP contribution in [-0.4, -0.2) is 72.2 Å². The van der Waals surface area contributed by atoms with Gasteiger partial charge in [-0.25, -0.2) is 4.79 Å². The SMILES string of the molecule is CC(C)(C)OC(=O)NCCC(=O)N1CCN(C(=O)C(F)(F)F)CC1. The van der Waals surface area contributed by atoms with E-state index in [9.17, 15) is 27.6 Å². The van der Waals surface area contributed by atoms with Gasteiger partial charge in [0, 0.05) is 39.1 Å². The van der Waals surface area contributed by atoms with Crippen LogP contribution in [0.15, 0.2) is 0 Å². The second-order valence-electron chi connectivity index (χ2n) is 6.35. The van der Waals surface area contributed by atoms with Crippen LogP contribution < -0.4 is 5.32 Å². The van der Waals surface area contributed by atoms with Gasteiger partial charge >= 0.3 is 18.2 Å². The molecule has 0 aromatic rings. The Hall–Kier alpha value is -2.00. The number of halogens is 3. The zero-order chi connectivity index (χ0) is 18.5. The number of alkyl halides is 3. The van der Waals surface area contributed by atoms with E-state index in [1.807, 2.05) is 0 Å². The monoisotopic (exact) mass is 353 g/mol. The molecule has 1 N–H and O–H groups in total. The number of alkyl carbamates (subject to hydrolysis) is 1. The fourth-order valence-electron chi connectivity index (χ4n) is 2.08. The van der Waals surface area contributed by atoms with Crippen LogP contribution in [0, 0.1) is 0 Å². The second kappa shape index (κ2) is 7.71. The number of rotatable bonds is 3. The molecule has 0 spiro atoms. The van der Waals surface area contributed by atoms with Crippen molar-refractivity contribution in [3.05, 3.63) is 0 Å². The van der Waals surface area contributed by atoms with Gasteiger partial charge in [-0.15, -0.1) is 0 Å². The third kappa shape index (κ3) is 6.63. The Morgan fingerprint density at radius 2 is 1.50 bits per heavy atom. The molecule has 10 heteroatoms. The van der Waals surface area contributed by atoms with Gasteiger partial charge in [0.05, 0.1) is 0 Å². The third-order valence-electron chi connectivity index (χ3n) is 3.17. The molecule has 0 aliphatic carbocycles. The highest BCUT2D eigenvalue weighted by atomic mass is 19.4. The van der Waals surface area contributed by atoms with Crippen molar-refractivity contribution < 1.29 is 32.3 Å². The van der Waals surface area contributed by atoms with Gasteiger partial charge in [-0.3, -0.25) is 9.59 Å². The third-order valence-corrected chi connectivity index (χ3v) is 3.17. The standard InChI is InChI=1S/C14H22F3N3O4/c1-13(2,3)24-12(23)18-5-4-10(21)19-6-8-20(9-7-19)11(22)14(15,16)17/h4-9H2,1-3H3,(H,18,23). The molecule has 0 saturated carbocycles. The molecule has 0 aromatic heterocycles. The highest BCUT2D eigenvalue weighted by Crippen LogP contribution is 2.19. The summed E-state index contributed by atoms with van der Waals surface area (Å²) in [6, 6.07) is 0. The van der Waals surface area contributed by atoms with Crippen molar-refractivity contribution in [3.8, 4) is 0 Å². The molecule has 0 aromatic carbocycles. The Morgan fingerprint density at radius 1 is 1.00 bits per heavy atom. The maximum atomic E-state index is 12.3. The molecule has 24 heavy (non-hydrogen) atoms. The summed E-state index contributed by atoms with van der Waals surface area (Å²) in [4.78, 5) is 36.5. The summed E-state index contributed by atoms with van der Waals surface area (Å²) >= 11 is 0. The molecule has 0 radical (unpaired) electrons. The summed E-state index contributed by atoms with van der Waals surface area (Å²) in [5.41, 5.74) is -0.643. The average molecular weight is 353 g/mol. The molecule has 1 aliphatic rings. The Kier molecular flexibility index (Phi) is 6.44. The van der Waals surface area contributed by atoms with E-state index in [2.05, 4.69) is 5.32 Å². The average Bonchev–Trinajstić information content (AvgIpc) is 2.43. The van der Waals surface area contributed by atoms with Crippen molar-refractivity contribution in [1.29, 1.82) is 0 Å². The molecular weight excluding hydrogens is 331 g/mol. The number of nitrogens with one attached hydrogen (secondary N) is 1. The minimum absolute atomic E-state index is 0.00641. The molecule has 0 bridgehead atoms.